The van der Waals surface area contributed by atoms with Gasteiger partial charge in [0.2, 0.25) is 0 Å². The Morgan fingerprint density at radius 3 is 2.20 bits per heavy atom. The third kappa shape index (κ3) is 4.18. The van der Waals surface area contributed by atoms with Gasteiger partial charge in [-0.2, -0.15) is 13.2 Å². The van der Waals surface area contributed by atoms with Crippen molar-refractivity contribution >= 4 is 0 Å². The van der Waals surface area contributed by atoms with E-state index in [1.165, 1.54) is 0 Å². The molecule has 0 saturated carbocycles. The van der Waals surface area contributed by atoms with Crippen molar-refractivity contribution in [3.05, 3.63) is 0 Å². The first-order valence-corrected chi connectivity index (χ1v) is 2.48. The third-order valence-corrected chi connectivity index (χ3v) is 0.838. The van der Waals surface area contributed by atoms with Gasteiger partial charge < -0.3 is 0 Å². The highest BCUT2D eigenvalue weighted by molar-refractivity contribution is 4.98. The van der Waals surface area contributed by atoms with E-state index >= 15 is 0 Å². The molecular weight excluding hydrogens is 145 g/mol. The molecule has 0 aliphatic rings. The lowest BCUT2D eigenvalue weighted by Gasteiger charge is -2.10. The van der Waals surface area contributed by atoms with Gasteiger partial charge in [-0.25, -0.2) is 5.43 Å². The van der Waals surface area contributed by atoms with E-state index in [2.05, 4.69) is 0 Å². The van der Waals surface area contributed by atoms with Gasteiger partial charge in [0.25, 0.3) is 0 Å². The lowest BCUT2D eigenvalue weighted by molar-refractivity contribution is -0.137. The van der Waals surface area contributed by atoms with Crippen molar-refractivity contribution in [1.82, 2.24) is 5.43 Å². The maximum atomic E-state index is 11.5. The molecule has 10 heavy (non-hydrogen) atoms. The molecule has 1 atom stereocenters. The van der Waals surface area contributed by atoms with Gasteiger partial charge in [0.15, 0.2) is 0 Å². The molecule has 2 nitrogen and oxygen atoms in total. The summed E-state index contributed by atoms with van der Waals surface area (Å²) >= 11 is 0. The zero-order valence-corrected chi connectivity index (χ0v) is 5.07. The largest absolute Gasteiger partial charge is 0.391 e. The molecule has 0 rings (SSSR count). The number of hydrogen-bond acceptors (Lipinski definition) is 2. The Balaban J connectivity index is 3.78. The van der Waals surface area contributed by atoms with Crippen LogP contribution in [0.4, 0.5) is 13.2 Å². The molecule has 0 aliphatic heterocycles. The number of hydrazine groups is 1. The number of rotatable bonds is 2. The van der Waals surface area contributed by atoms with Gasteiger partial charge in [-0.15, -0.1) is 6.42 Å². The molecule has 0 aromatic rings. The predicted molar refractivity (Wildman–Crippen MR) is 30.6 cm³/mol. The molecule has 58 valence electrons. The van der Waals surface area contributed by atoms with E-state index in [1.54, 1.807) is 0 Å². The summed E-state index contributed by atoms with van der Waals surface area (Å²) in [6, 6.07) is -1.13. The van der Waals surface area contributed by atoms with Gasteiger partial charge in [0.05, 0.1) is 12.5 Å². The Kier molecular flexibility index (Phi) is 3.19. The minimum Gasteiger partial charge on any atom is -0.270 e. The highest BCUT2D eigenvalue weighted by Crippen LogP contribution is 2.20. The Hall–Kier alpha value is -0.730. The van der Waals surface area contributed by atoms with Gasteiger partial charge in [0, 0.05) is 0 Å². The summed E-state index contributed by atoms with van der Waals surface area (Å²) in [5.74, 6) is 6.55. The molecule has 0 radical (unpaired) electrons. The molecule has 0 aliphatic carbocycles. The van der Waals surface area contributed by atoms with Crippen molar-refractivity contribution in [2.24, 2.45) is 5.84 Å². The summed E-state index contributed by atoms with van der Waals surface area (Å²) in [5.41, 5.74) is 1.85. The van der Waals surface area contributed by atoms with Crippen molar-refractivity contribution in [2.45, 2.75) is 18.6 Å². The summed E-state index contributed by atoms with van der Waals surface area (Å²) in [4.78, 5) is 0. The number of terminal acetylenes is 1. The monoisotopic (exact) mass is 152 g/mol. The highest BCUT2D eigenvalue weighted by atomic mass is 19.4. The number of alkyl halides is 3. The van der Waals surface area contributed by atoms with Crippen LogP contribution >= 0.6 is 0 Å². The average molecular weight is 152 g/mol. The minimum atomic E-state index is -4.26. The van der Waals surface area contributed by atoms with Crippen molar-refractivity contribution < 1.29 is 13.2 Å². The fourth-order valence-electron chi connectivity index (χ4n) is 0.397. The second-order valence-corrected chi connectivity index (χ2v) is 1.71. The smallest absolute Gasteiger partial charge is 0.270 e. The van der Waals surface area contributed by atoms with Gasteiger partial charge in [-0.05, 0) is 0 Å². The first-order valence-electron chi connectivity index (χ1n) is 2.48. The predicted octanol–water partition coefficient (Wildman–Crippen LogP) is 0.404. The summed E-state index contributed by atoms with van der Waals surface area (Å²) in [7, 11) is 0. The molecule has 5 heteroatoms. The SMILES string of the molecule is C#CC(CC(F)(F)F)NN. The average Bonchev–Trinajstić information content (AvgIpc) is 1.81. The number of nitrogens with two attached hydrogens (primary N) is 1. The second-order valence-electron chi connectivity index (χ2n) is 1.71. The second kappa shape index (κ2) is 3.44. The van der Waals surface area contributed by atoms with Crippen LogP contribution in [0.15, 0.2) is 0 Å². The quantitative estimate of drug-likeness (QED) is 0.341. The number of hydrogen-bond donors (Lipinski definition) is 2. The van der Waals surface area contributed by atoms with Gasteiger partial charge in [-0.1, -0.05) is 5.92 Å². The van der Waals surface area contributed by atoms with Crippen molar-refractivity contribution in [3.63, 3.8) is 0 Å². The zero-order chi connectivity index (χ0) is 8.20. The standard InChI is InChI=1S/C5H7F3N2/c1-2-4(10-9)3-5(6,7)8/h1,4,10H,3,9H2. The minimum absolute atomic E-state index is 1.10. The van der Waals surface area contributed by atoms with E-state index in [4.69, 9.17) is 12.3 Å². The van der Waals surface area contributed by atoms with Crippen LogP contribution in [-0.2, 0) is 0 Å². The van der Waals surface area contributed by atoms with Crippen LogP contribution in [0.3, 0.4) is 0 Å². The van der Waals surface area contributed by atoms with E-state index in [0.29, 0.717) is 0 Å². The third-order valence-electron chi connectivity index (χ3n) is 0.838. The van der Waals surface area contributed by atoms with E-state index in [9.17, 15) is 13.2 Å². The first-order chi connectivity index (χ1) is 4.49. The topological polar surface area (TPSA) is 38.0 Å². The Morgan fingerprint density at radius 1 is 1.60 bits per heavy atom. The molecule has 0 aromatic carbocycles. The molecule has 0 heterocycles. The van der Waals surface area contributed by atoms with Crippen LogP contribution in [0.5, 0.6) is 0 Å². The summed E-state index contributed by atoms with van der Waals surface area (Å²) < 4.78 is 34.5. The maximum absolute atomic E-state index is 11.5. The van der Waals surface area contributed by atoms with E-state index in [0.717, 1.165) is 0 Å². The van der Waals surface area contributed by atoms with E-state index in [1.807, 2.05) is 11.3 Å². The van der Waals surface area contributed by atoms with Gasteiger partial charge in [0.1, 0.15) is 0 Å². The first kappa shape index (κ1) is 9.27. The molecule has 0 bridgehead atoms. The van der Waals surface area contributed by atoms with Crippen molar-refractivity contribution in [2.75, 3.05) is 0 Å². The van der Waals surface area contributed by atoms with Gasteiger partial charge in [-0.3, -0.25) is 5.84 Å². The molecule has 0 amide bonds. The summed E-state index contributed by atoms with van der Waals surface area (Å²) in [6.45, 7) is 0. The highest BCUT2D eigenvalue weighted by Gasteiger charge is 2.30. The Labute approximate surface area is 56.6 Å². The van der Waals surface area contributed by atoms with Crippen LogP contribution in [0, 0.1) is 12.3 Å². The van der Waals surface area contributed by atoms with Crippen molar-refractivity contribution in [3.8, 4) is 12.3 Å². The molecular formula is C5H7F3N2. The molecule has 0 saturated heterocycles. The molecule has 3 N–H and O–H groups in total. The van der Waals surface area contributed by atoms with Gasteiger partial charge >= 0.3 is 6.18 Å². The maximum Gasteiger partial charge on any atom is 0.391 e. The Bertz CT molecular complexity index is 135. The molecule has 0 fully saturated rings. The van der Waals surface area contributed by atoms with E-state index < -0.39 is 18.6 Å². The fourth-order valence-corrected chi connectivity index (χ4v) is 0.397. The normalized spacial score (nSPS) is 14.3. The van der Waals surface area contributed by atoms with Crippen LogP contribution < -0.4 is 11.3 Å². The lowest BCUT2D eigenvalue weighted by Crippen LogP contribution is -2.37. The summed E-state index contributed by atoms with van der Waals surface area (Å²) in [5, 5.41) is 0. The zero-order valence-electron chi connectivity index (χ0n) is 5.07. The van der Waals surface area contributed by atoms with Crippen LogP contribution in [0.2, 0.25) is 0 Å². The van der Waals surface area contributed by atoms with Crippen LogP contribution in [0.25, 0.3) is 0 Å². The van der Waals surface area contributed by atoms with Crippen LogP contribution in [-0.4, -0.2) is 12.2 Å². The Morgan fingerprint density at radius 2 is 2.10 bits per heavy atom. The lowest BCUT2D eigenvalue weighted by atomic mass is 10.2. The molecule has 1 unspecified atom stereocenters. The number of halogens is 3. The fraction of sp³-hybridized carbons (Fsp3) is 0.600. The van der Waals surface area contributed by atoms with Crippen LogP contribution in [0.1, 0.15) is 6.42 Å². The van der Waals surface area contributed by atoms with Crippen molar-refractivity contribution in [1.29, 1.82) is 0 Å². The molecule has 0 aromatic heterocycles. The number of nitrogens with one attached hydrogen (secondary N) is 1. The molecule has 0 spiro atoms. The summed E-state index contributed by atoms with van der Waals surface area (Å²) in [6.07, 6.45) is -0.660. The van der Waals surface area contributed by atoms with E-state index in [-0.39, 0.29) is 0 Å².